The van der Waals surface area contributed by atoms with Crippen LogP contribution in [0.5, 0.6) is 0 Å². The molecule has 2 atom stereocenters. The zero-order valence-electron chi connectivity index (χ0n) is 34.6. The van der Waals surface area contributed by atoms with E-state index < -0.39 is 45.2 Å². The van der Waals surface area contributed by atoms with Crippen LogP contribution < -0.4 is 10.2 Å². The van der Waals surface area contributed by atoms with Gasteiger partial charge in [-0.2, -0.15) is 0 Å². The van der Waals surface area contributed by atoms with E-state index in [9.17, 15) is 23.8 Å². The average molecular weight is 793 g/mol. The summed E-state index contributed by atoms with van der Waals surface area (Å²) in [5, 5.41) is 2.35. The lowest BCUT2D eigenvalue weighted by Gasteiger charge is -2.25. The zero-order valence-corrected chi connectivity index (χ0v) is 35.5. The van der Waals surface area contributed by atoms with Crippen molar-refractivity contribution in [2.24, 2.45) is 0 Å². The Morgan fingerprint density at radius 3 is 1.41 bits per heavy atom. The van der Waals surface area contributed by atoms with Gasteiger partial charge in [-0.05, 0) is 12.8 Å². The molecule has 0 saturated carbocycles. The fourth-order valence-electron chi connectivity index (χ4n) is 5.98. The molecule has 13 heteroatoms. The summed E-state index contributed by atoms with van der Waals surface area (Å²) < 4.78 is 42.6. The summed E-state index contributed by atoms with van der Waals surface area (Å²) in [6.45, 7) is 3.33. The number of amides is 1. The monoisotopic (exact) mass is 793 g/mol. The number of alkyl carbamates (subject to hydrolysis) is 1. The number of carbonyl (C=O) groups excluding carboxylic acids is 3. The van der Waals surface area contributed by atoms with Crippen LogP contribution in [0.1, 0.15) is 194 Å². The molecule has 0 aliphatic rings. The second-order valence-corrected chi connectivity index (χ2v) is 15.8. The summed E-state index contributed by atoms with van der Waals surface area (Å²) in [5.74, 6) is -0.933. The first-order chi connectivity index (χ1) is 26.2. The summed E-state index contributed by atoms with van der Waals surface area (Å²) in [6, 6.07) is 0. The van der Waals surface area contributed by atoms with E-state index in [1.165, 1.54) is 123 Å². The Bertz CT molecular complexity index is 924. The van der Waals surface area contributed by atoms with Crippen molar-refractivity contribution >= 4 is 25.9 Å². The third-order valence-corrected chi connectivity index (χ3v) is 10.2. The van der Waals surface area contributed by atoms with Gasteiger partial charge >= 0.3 is 18.0 Å². The van der Waals surface area contributed by atoms with Crippen molar-refractivity contribution in [2.75, 3.05) is 46.7 Å². The lowest BCUT2D eigenvalue weighted by molar-refractivity contribution is -0.228. The highest BCUT2D eigenvalue weighted by atomic mass is 31.2. The highest BCUT2D eigenvalue weighted by Crippen LogP contribution is 2.38. The first-order valence-electron chi connectivity index (χ1n) is 21.6. The van der Waals surface area contributed by atoms with Crippen LogP contribution in [-0.4, -0.2) is 70.8 Å². The highest BCUT2D eigenvalue weighted by Gasteiger charge is 2.21. The van der Waals surface area contributed by atoms with Gasteiger partial charge in [0, 0.05) is 26.5 Å². The van der Waals surface area contributed by atoms with Crippen molar-refractivity contribution in [3.05, 3.63) is 0 Å². The van der Waals surface area contributed by atoms with E-state index in [2.05, 4.69) is 19.2 Å². The Morgan fingerprint density at radius 2 is 0.963 bits per heavy atom. The van der Waals surface area contributed by atoms with Crippen molar-refractivity contribution in [3.8, 4) is 0 Å². The van der Waals surface area contributed by atoms with Gasteiger partial charge in [0.15, 0.2) is 6.10 Å². The van der Waals surface area contributed by atoms with Crippen molar-refractivity contribution in [2.45, 2.75) is 200 Å². The maximum absolute atomic E-state index is 12.6. The second kappa shape index (κ2) is 39.5. The molecule has 2 unspecified atom stereocenters. The van der Waals surface area contributed by atoms with E-state index in [-0.39, 0.29) is 39.2 Å². The van der Waals surface area contributed by atoms with Gasteiger partial charge in [-0.3, -0.25) is 14.2 Å². The van der Waals surface area contributed by atoms with Crippen LogP contribution in [-0.2, 0) is 42.1 Å². The van der Waals surface area contributed by atoms with Crippen LogP contribution in [0.2, 0.25) is 0 Å². The number of nitrogens with one attached hydrogen (secondary N) is 1. The minimum Gasteiger partial charge on any atom is -0.756 e. The van der Waals surface area contributed by atoms with E-state index in [0.717, 1.165) is 38.5 Å². The Kier molecular flexibility index (Phi) is 38.3. The van der Waals surface area contributed by atoms with Crippen LogP contribution in [0, 0.1) is 0 Å². The number of rotatable bonds is 41. The Morgan fingerprint density at radius 1 is 0.537 bits per heavy atom. The van der Waals surface area contributed by atoms with Crippen LogP contribution in [0.25, 0.3) is 0 Å². The number of hydrogen-bond acceptors (Lipinski definition) is 11. The van der Waals surface area contributed by atoms with E-state index in [4.69, 9.17) is 28.0 Å². The lowest BCUT2D eigenvalue weighted by Crippen LogP contribution is -2.31. The molecule has 0 fully saturated rings. The number of methoxy groups -OCH3 is 1. The molecule has 0 aliphatic heterocycles. The SMILES string of the molecule is CCCCCCCCCCCCCCCC(=O)OCC(COP(=O)([O-])OCCNC(=O)OCCOC)OC(=O)CCCCCCCCCCCCCCC. The van der Waals surface area contributed by atoms with Crippen LogP contribution in [0.3, 0.4) is 0 Å². The first-order valence-corrected chi connectivity index (χ1v) is 23.0. The minimum absolute atomic E-state index is 0.0514. The maximum Gasteiger partial charge on any atom is 0.407 e. The standard InChI is InChI=1S/C41H80NO11P/c1-4-6-8-10-12-14-16-18-20-22-24-26-28-30-39(43)50-36-38(37-52-54(46,47)51-33-32-42-41(45)49-35-34-48-3)53-40(44)31-29-27-25-23-21-19-17-15-13-11-9-7-5-2/h38H,4-37H2,1-3H3,(H,42,45)(H,46,47)/p-1. The number of phosphoric acid groups is 1. The van der Waals surface area contributed by atoms with Crippen LogP contribution in [0.4, 0.5) is 4.79 Å². The molecule has 0 aliphatic carbocycles. The van der Waals surface area contributed by atoms with Gasteiger partial charge < -0.3 is 38.2 Å². The molecule has 0 aromatic rings. The second-order valence-electron chi connectivity index (χ2n) is 14.4. The minimum atomic E-state index is -4.81. The van der Waals surface area contributed by atoms with Gasteiger partial charge in [0.25, 0.3) is 7.82 Å². The third-order valence-electron chi connectivity index (χ3n) is 9.26. The summed E-state index contributed by atoms with van der Waals surface area (Å²) >= 11 is 0. The Hall–Kier alpha value is -1.72. The topological polar surface area (TPSA) is 159 Å². The number of esters is 2. The fraction of sp³-hybridized carbons (Fsp3) is 0.927. The number of unbranched alkanes of at least 4 members (excludes halogenated alkanes) is 24. The van der Waals surface area contributed by atoms with Crippen molar-refractivity contribution in [1.29, 1.82) is 0 Å². The molecule has 54 heavy (non-hydrogen) atoms. The molecule has 0 radical (unpaired) electrons. The number of hydrogen-bond donors (Lipinski definition) is 1. The maximum atomic E-state index is 12.6. The van der Waals surface area contributed by atoms with Gasteiger partial charge in [0.2, 0.25) is 0 Å². The van der Waals surface area contributed by atoms with Gasteiger partial charge in [0.05, 0.1) is 19.8 Å². The number of carbonyl (C=O) groups is 3. The number of ether oxygens (including phenoxy) is 4. The molecule has 0 saturated heterocycles. The van der Waals surface area contributed by atoms with E-state index >= 15 is 0 Å². The van der Waals surface area contributed by atoms with Crippen molar-refractivity contribution in [3.63, 3.8) is 0 Å². The van der Waals surface area contributed by atoms with Crippen molar-refractivity contribution in [1.82, 2.24) is 5.32 Å². The van der Waals surface area contributed by atoms with Crippen LogP contribution >= 0.6 is 7.82 Å². The predicted molar refractivity (Wildman–Crippen MR) is 212 cm³/mol. The molecule has 320 valence electrons. The average Bonchev–Trinajstić information content (AvgIpc) is 3.15. The summed E-state index contributed by atoms with van der Waals surface area (Å²) in [6.07, 6.45) is 29.6. The first kappa shape index (κ1) is 52.3. The molecule has 0 rings (SSSR count). The smallest absolute Gasteiger partial charge is 0.407 e. The molecule has 0 bridgehead atoms. The van der Waals surface area contributed by atoms with E-state index in [1.807, 2.05) is 0 Å². The summed E-state index contributed by atoms with van der Waals surface area (Å²) in [7, 11) is -3.34. The molecule has 0 heterocycles. The largest absolute Gasteiger partial charge is 0.756 e. The van der Waals surface area contributed by atoms with E-state index in [1.54, 1.807) is 0 Å². The molecule has 0 aromatic carbocycles. The fourth-order valence-corrected chi connectivity index (χ4v) is 6.72. The zero-order chi connectivity index (χ0) is 39.8. The summed E-state index contributed by atoms with van der Waals surface area (Å²) in [4.78, 5) is 49.0. The van der Waals surface area contributed by atoms with Gasteiger partial charge in [-0.25, -0.2) is 4.79 Å². The molecule has 0 spiro atoms. The molecular formula is C41H79NO11P-. The van der Waals surface area contributed by atoms with Gasteiger partial charge in [-0.15, -0.1) is 0 Å². The Labute approximate surface area is 328 Å². The van der Waals surface area contributed by atoms with Gasteiger partial charge in [-0.1, -0.05) is 168 Å². The lowest BCUT2D eigenvalue weighted by atomic mass is 10.0. The quantitative estimate of drug-likeness (QED) is 0.0272. The van der Waals surface area contributed by atoms with Crippen LogP contribution in [0.15, 0.2) is 0 Å². The van der Waals surface area contributed by atoms with E-state index in [0.29, 0.717) is 12.8 Å². The number of phosphoric ester groups is 1. The molecule has 1 amide bonds. The normalized spacial score (nSPS) is 13.0. The van der Waals surface area contributed by atoms with Gasteiger partial charge in [0.1, 0.15) is 13.2 Å². The third kappa shape index (κ3) is 38.6. The van der Waals surface area contributed by atoms with Crippen molar-refractivity contribution < 1.29 is 51.8 Å². The predicted octanol–water partition coefficient (Wildman–Crippen LogP) is 10.3. The molecular weight excluding hydrogens is 713 g/mol. The molecule has 0 aromatic heterocycles. The molecule has 12 nitrogen and oxygen atoms in total. The molecule has 1 N–H and O–H groups in total. The summed E-state index contributed by atoms with van der Waals surface area (Å²) in [5.41, 5.74) is 0. The highest BCUT2D eigenvalue weighted by molar-refractivity contribution is 7.45. The Balaban J connectivity index is 4.48.